The fourth-order valence-corrected chi connectivity index (χ4v) is 1.04. The van der Waals surface area contributed by atoms with Gasteiger partial charge in [-0.1, -0.05) is 0 Å². The highest BCUT2D eigenvalue weighted by atomic mass is 15.1. The van der Waals surface area contributed by atoms with Gasteiger partial charge < -0.3 is 10.6 Å². The average Bonchev–Trinajstić information content (AvgIpc) is 1.85. The van der Waals surface area contributed by atoms with E-state index >= 15 is 0 Å². The van der Waals surface area contributed by atoms with Gasteiger partial charge >= 0.3 is 0 Å². The van der Waals surface area contributed by atoms with Gasteiger partial charge in [-0.15, -0.1) is 0 Å². The summed E-state index contributed by atoms with van der Waals surface area (Å²) >= 11 is 0. The van der Waals surface area contributed by atoms with Crippen molar-refractivity contribution in [3.05, 3.63) is 17.8 Å². The van der Waals surface area contributed by atoms with E-state index in [9.17, 15) is 0 Å². The van der Waals surface area contributed by atoms with Gasteiger partial charge in [0.2, 0.25) is 0 Å². The maximum Gasteiger partial charge on any atom is 0.123 e. The molecule has 0 aliphatic heterocycles. The molecule has 0 aliphatic carbocycles. The second kappa shape index (κ2) is 2.78. The SMILES string of the molecule is Cc1cc(N)ncc1N(C)C. The van der Waals surface area contributed by atoms with Crippen molar-refractivity contribution in [1.29, 1.82) is 0 Å². The quantitative estimate of drug-likeness (QED) is 0.652. The average molecular weight is 151 g/mol. The number of aromatic nitrogens is 1. The first kappa shape index (κ1) is 7.85. The molecule has 0 aromatic carbocycles. The van der Waals surface area contributed by atoms with E-state index in [1.807, 2.05) is 32.0 Å². The molecule has 0 fully saturated rings. The molecule has 11 heavy (non-hydrogen) atoms. The Bertz CT molecular complexity index is 256. The van der Waals surface area contributed by atoms with Crippen LogP contribution in [0.2, 0.25) is 0 Å². The van der Waals surface area contributed by atoms with Gasteiger partial charge in [-0.05, 0) is 18.6 Å². The second-order valence-corrected chi connectivity index (χ2v) is 2.79. The van der Waals surface area contributed by atoms with E-state index in [0.29, 0.717) is 5.82 Å². The highest BCUT2D eigenvalue weighted by molar-refractivity contribution is 5.53. The molecule has 60 valence electrons. The van der Waals surface area contributed by atoms with Gasteiger partial charge in [0.05, 0.1) is 11.9 Å². The lowest BCUT2D eigenvalue weighted by atomic mass is 10.2. The van der Waals surface area contributed by atoms with Crippen LogP contribution in [0.4, 0.5) is 11.5 Å². The third-order valence-electron chi connectivity index (χ3n) is 1.59. The number of aryl methyl sites for hydroxylation is 1. The van der Waals surface area contributed by atoms with E-state index in [2.05, 4.69) is 4.98 Å². The van der Waals surface area contributed by atoms with E-state index in [-0.39, 0.29) is 0 Å². The molecule has 0 saturated carbocycles. The Morgan fingerprint density at radius 1 is 1.45 bits per heavy atom. The zero-order valence-electron chi connectivity index (χ0n) is 7.13. The summed E-state index contributed by atoms with van der Waals surface area (Å²) in [6.45, 7) is 2.02. The highest BCUT2D eigenvalue weighted by Crippen LogP contribution is 2.16. The third-order valence-corrected chi connectivity index (χ3v) is 1.59. The minimum absolute atomic E-state index is 0.577. The van der Waals surface area contributed by atoms with E-state index in [1.54, 1.807) is 6.20 Å². The van der Waals surface area contributed by atoms with E-state index in [1.165, 1.54) is 0 Å². The molecule has 1 rings (SSSR count). The maximum atomic E-state index is 5.50. The summed E-state index contributed by atoms with van der Waals surface area (Å²) in [5.74, 6) is 0.577. The van der Waals surface area contributed by atoms with E-state index < -0.39 is 0 Å². The first-order valence-corrected chi connectivity index (χ1v) is 3.50. The Morgan fingerprint density at radius 3 is 2.55 bits per heavy atom. The zero-order chi connectivity index (χ0) is 8.43. The molecule has 1 aromatic rings. The van der Waals surface area contributed by atoms with E-state index in [0.717, 1.165) is 11.3 Å². The fraction of sp³-hybridized carbons (Fsp3) is 0.375. The monoisotopic (exact) mass is 151 g/mol. The van der Waals surface area contributed by atoms with Crippen molar-refractivity contribution in [1.82, 2.24) is 4.98 Å². The molecule has 1 heterocycles. The number of anilines is 2. The van der Waals surface area contributed by atoms with Crippen molar-refractivity contribution in [2.24, 2.45) is 0 Å². The molecule has 1 aromatic heterocycles. The normalized spacial score (nSPS) is 9.73. The van der Waals surface area contributed by atoms with Crippen LogP contribution in [0, 0.1) is 6.92 Å². The van der Waals surface area contributed by atoms with Crippen molar-refractivity contribution in [2.45, 2.75) is 6.92 Å². The molecule has 0 radical (unpaired) electrons. The summed E-state index contributed by atoms with van der Waals surface area (Å²) in [4.78, 5) is 6.01. The largest absolute Gasteiger partial charge is 0.384 e. The Morgan fingerprint density at radius 2 is 2.09 bits per heavy atom. The summed E-state index contributed by atoms with van der Waals surface area (Å²) < 4.78 is 0. The van der Waals surface area contributed by atoms with Gasteiger partial charge in [0.25, 0.3) is 0 Å². The molecule has 0 atom stereocenters. The van der Waals surface area contributed by atoms with Crippen LogP contribution in [-0.2, 0) is 0 Å². The van der Waals surface area contributed by atoms with Crippen molar-refractivity contribution in [3.8, 4) is 0 Å². The minimum atomic E-state index is 0.577. The lowest BCUT2D eigenvalue weighted by Gasteiger charge is -2.14. The lowest BCUT2D eigenvalue weighted by Crippen LogP contribution is -2.10. The summed E-state index contributed by atoms with van der Waals surface area (Å²) in [5, 5.41) is 0. The van der Waals surface area contributed by atoms with Crippen LogP contribution in [0.15, 0.2) is 12.3 Å². The van der Waals surface area contributed by atoms with Crippen molar-refractivity contribution in [3.63, 3.8) is 0 Å². The molecule has 0 saturated heterocycles. The molecule has 0 bridgehead atoms. The van der Waals surface area contributed by atoms with Crippen LogP contribution in [-0.4, -0.2) is 19.1 Å². The summed E-state index contributed by atoms with van der Waals surface area (Å²) in [6, 6.07) is 1.87. The zero-order valence-corrected chi connectivity index (χ0v) is 7.13. The van der Waals surface area contributed by atoms with Crippen LogP contribution in [0.25, 0.3) is 0 Å². The number of pyridine rings is 1. The van der Waals surface area contributed by atoms with Gasteiger partial charge in [-0.3, -0.25) is 0 Å². The van der Waals surface area contributed by atoms with Crippen LogP contribution >= 0.6 is 0 Å². The molecular weight excluding hydrogens is 138 g/mol. The second-order valence-electron chi connectivity index (χ2n) is 2.79. The van der Waals surface area contributed by atoms with Crippen molar-refractivity contribution < 1.29 is 0 Å². The first-order chi connectivity index (χ1) is 5.11. The number of nitrogens with zero attached hydrogens (tertiary/aromatic N) is 2. The molecular formula is C8H13N3. The number of rotatable bonds is 1. The Balaban J connectivity index is 3.09. The van der Waals surface area contributed by atoms with Gasteiger partial charge in [-0.2, -0.15) is 0 Å². The van der Waals surface area contributed by atoms with Gasteiger partial charge in [0, 0.05) is 14.1 Å². The number of nitrogen functional groups attached to an aromatic ring is 1. The van der Waals surface area contributed by atoms with Crippen LogP contribution in [0.1, 0.15) is 5.56 Å². The first-order valence-electron chi connectivity index (χ1n) is 3.50. The molecule has 2 N–H and O–H groups in total. The number of hydrogen-bond acceptors (Lipinski definition) is 3. The molecule has 3 heteroatoms. The summed E-state index contributed by atoms with van der Waals surface area (Å²) in [6.07, 6.45) is 1.78. The highest BCUT2D eigenvalue weighted by Gasteiger charge is 1.99. The molecule has 0 spiro atoms. The van der Waals surface area contributed by atoms with Crippen molar-refractivity contribution in [2.75, 3.05) is 24.7 Å². The minimum Gasteiger partial charge on any atom is -0.384 e. The lowest BCUT2D eigenvalue weighted by molar-refractivity contribution is 1.09. The Kier molecular flexibility index (Phi) is 1.98. The van der Waals surface area contributed by atoms with Gasteiger partial charge in [-0.25, -0.2) is 4.98 Å². The van der Waals surface area contributed by atoms with Crippen molar-refractivity contribution >= 4 is 11.5 Å². The van der Waals surface area contributed by atoms with Crippen LogP contribution in [0.5, 0.6) is 0 Å². The van der Waals surface area contributed by atoms with Gasteiger partial charge in [0.15, 0.2) is 0 Å². The Labute approximate surface area is 66.8 Å². The standard InChI is InChI=1S/C8H13N3/c1-6-4-8(9)10-5-7(6)11(2)3/h4-5H,1-3H3,(H2,9,10). The van der Waals surface area contributed by atoms with Crippen LogP contribution in [0.3, 0.4) is 0 Å². The molecule has 0 unspecified atom stereocenters. The Hall–Kier alpha value is -1.25. The summed E-state index contributed by atoms with van der Waals surface area (Å²) in [5.41, 5.74) is 7.76. The number of nitrogens with two attached hydrogens (primary N) is 1. The van der Waals surface area contributed by atoms with Crippen LogP contribution < -0.4 is 10.6 Å². The molecule has 0 amide bonds. The predicted molar refractivity (Wildman–Crippen MR) is 47.7 cm³/mol. The molecule has 3 nitrogen and oxygen atoms in total. The number of hydrogen-bond donors (Lipinski definition) is 1. The van der Waals surface area contributed by atoms with E-state index in [4.69, 9.17) is 5.73 Å². The van der Waals surface area contributed by atoms with Gasteiger partial charge in [0.1, 0.15) is 5.82 Å². The fourth-order valence-electron chi connectivity index (χ4n) is 1.04. The third kappa shape index (κ3) is 1.61. The maximum absolute atomic E-state index is 5.50. The molecule has 0 aliphatic rings. The predicted octanol–water partition coefficient (Wildman–Crippen LogP) is 1.04. The smallest absolute Gasteiger partial charge is 0.123 e. The topological polar surface area (TPSA) is 42.1 Å². The summed E-state index contributed by atoms with van der Waals surface area (Å²) in [7, 11) is 3.97.